The fourth-order valence-corrected chi connectivity index (χ4v) is 9.61. The molecule has 0 aliphatic heterocycles. The quantitative estimate of drug-likeness (QED) is 0.422. The molecule has 0 bridgehead atoms. The van der Waals surface area contributed by atoms with Crippen molar-refractivity contribution in [2.24, 2.45) is 58.2 Å². The van der Waals surface area contributed by atoms with Gasteiger partial charge in [0.15, 0.2) is 0 Å². The summed E-state index contributed by atoms with van der Waals surface area (Å²) in [5.74, 6) is 6.31. The van der Waals surface area contributed by atoms with Gasteiger partial charge in [-0.05, 0) is 110 Å². The average molecular weight is 429 g/mol. The lowest BCUT2D eigenvalue weighted by atomic mass is 9.46. The zero-order valence-electron chi connectivity index (χ0n) is 21.8. The monoisotopic (exact) mass is 428 g/mol. The molecule has 0 aromatic carbocycles. The van der Waals surface area contributed by atoms with Crippen molar-refractivity contribution >= 4 is 0 Å². The maximum Gasteiger partial charge on any atom is 0.0568 e. The van der Waals surface area contributed by atoms with Crippen LogP contribution in [0.5, 0.6) is 0 Å². The van der Waals surface area contributed by atoms with Crippen molar-refractivity contribution in [1.29, 1.82) is 0 Å². The first kappa shape index (κ1) is 23.8. The van der Waals surface area contributed by atoms with Crippen LogP contribution in [0.1, 0.15) is 113 Å². The summed E-state index contributed by atoms with van der Waals surface area (Å²) in [5.41, 5.74) is 2.84. The number of fused-ring (bicyclic) bond motifs is 5. The van der Waals surface area contributed by atoms with Gasteiger partial charge in [-0.1, -0.05) is 73.0 Å². The maximum absolute atomic E-state index is 10.5. The molecule has 1 heteroatoms. The van der Waals surface area contributed by atoms with Gasteiger partial charge in [0, 0.05) is 0 Å². The molecule has 1 N–H and O–H groups in total. The predicted molar refractivity (Wildman–Crippen MR) is 133 cm³/mol. The molecule has 2 unspecified atom stereocenters. The summed E-state index contributed by atoms with van der Waals surface area (Å²) in [6, 6.07) is 0. The van der Waals surface area contributed by atoms with Crippen molar-refractivity contribution in [3.63, 3.8) is 0 Å². The molecule has 0 spiro atoms. The van der Waals surface area contributed by atoms with Crippen LogP contribution in [0.4, 0.5) is 0 Å². The van der Waals surface area contributed by atoms with Crippen LogP contribution >= 0.6 is 0 Å². The number of hydrogen-bond donors (Lipinski definition) is 1. The summed E-state index contributed by atoms with van der Waals surface area (Å²) < 4.78 is 0. The lowest BCUT2D eigenvalue weighted by Gasteiger charge is -2.59. The zero-order chi connectivity index (χ0) is 22.6. The highest BCUT2D eigenvalue weighted by Gasteiger charge is 2.59. The van der Waals surface area contributed by atoms with Crippen LogP contribution in [0.15, 0.2) is 11.6 Å². The first-order valence-electron chi connectivity index (χ1n) is 14.0. The molecule has 31 heavy (non-hydrogen) atoms. The lowest BCUT2D eigenvalue weighted by Crippen LogP contribution is -2.52. The molecule has 4 aliphatic rings. The molecule has 0 radical (unpaired) electrons. The van der Waals surface area contributed by atoms with E-state index in [1.807, 2.05) is 5.57 Å². The van der Waals surface area contributed by atoms with Crippen molar-refractivity contribution in [3.8, 4) is 0 Å². The fourth-order valence-electron chi connectivity index (χ4n) is 9.61. The third kappa shape index (κ3) is 3.87. The summed E-state index contributed by atoms with van der Waals surface area (Å²) in [7, 11) is 0. The minimum absolute atomic E-state index is 0.0728. The van der Waals surface area contributed by atoms with E-state index in [0.717, 1.165) is 41.9 Å². The Labute approximate surface area is 193 Å². The van der Waals surface area contributed by atoms with E-state index < -0.39 is 0 Å². The Morgan fingerprint density at radius 2 is 1.65 bits per heavy atom. The van der Waals surface area contributed by atoms with Gasteiger partial charge in [-0.25, -0.2) is 0 Å². The van der Waals surface area contributed by atoms with Gasteiger partial charge in [0.25, 0.3) is 0 Å². The third-order valence-corrected chi connectivity index (χ3v) is 11.8. The van der Waals surface area contributed by atoms with Crippen LogP contribution in [0.2, 0.25) is 0 Å². The molecule has 0 aromatic heterocycles. The van der Waals surface area contributed by atoms with E-state index in [9.17, 15) is 5.11 Å². The summed E-state index contributed by atoms with van der Waals surface area (Å²) in [4.78, 5) is 0. The highest BCUT2D eigenvalue weighted by molar-refractivity contribution is 5.28. The molecule has 0 heterocycles. The van der Waals surface area contributed by atoms with E-state index in [4.69, 9.17) is 0 Å². The third-order valence-electron chi connectivity index (χ3n) is 11.8. The standard InChI is InChI=1S/C30H52O/c1-8-22(19(2)3)10-9-20(4)24-13-14-26-23-11-12-25-21(5)28(31)16-18-30(25,7)27(23)15-17-29(24,26)6/h11,19-22,24-28,31H,8-10,12-18H2,1-7H3/t20-,21+,22+,24-,25+,26?,27?,28+,29-,30+/m1/s1. The maximum atomic E-state index is 10.5. The van der Waals surface area contributed by atoms with Gasteiger partial charge in [0.2, 0.25) is 0 Å². The number of aliphatic hydroxyl groups excluding tert-OH is 1. The first-order valence-corrected chi connectivity index (χ1v) is 14.0. The largest absolute Gasteiger partial charge is 0.393 e. The minimum atomic E-state index is -0.0728. The molecule has 3 fully saturated rings. The smallest absolute Gasteiger partial charge is 0.0568 e. The van der Waals surface area contributed by atoms with Gasteiger partial charge in [0.05, 0.1) is 6.10 Å². The molecule has 4 rings (SSSR count). The summed E-state index contributed by atoms with van der Waals surface area (Å²) in [5, 5.41) is 10.5. The zero-order valence-corrected chi connectivity index (χ0v) is 21.8. The van der Waals surface area contributed by atoms with E-state index >= 15 is 0 Å². The molecule has 0 saturated heterocycles. The Balaban J connectivity index is 1.50. The van der Waals surface area contributed by atoms with E-state index in [2.05, 4.69) is 54.5 Å². The van der Waals surface area contributed by atoms with Gasteiger partial charge >= 0.3 is 0 Å². The van der Waals surface area contributed by atoms with Gasteiger partial charge in [-0.3, -0.25) is 0 Å². The Morgan fingerprint density at radius 3 is 2.32 bits per heavy atom. The van der Waals surface area contributed by atoms with Crippen LogP contribution in [-0.4, -0.2) is 11.2 Å². The summed E-state index contributed by atoms with van der Waals surface area (Å²) in [6.07, 6.45) is 16.1. The number of aliphatic hydroxyl groups is 1. The summed E-state index contributed by atoms with van der Waals surface area (Å²) >= 11 is 0. The minimum Gasteiger partial charge on any atom is -0.393 e. The van der Waals surface area contributed by atoms with E-state index in [1.165, 1.54) is 57.8 Å². The van der Waals surface area contributed by atoms with Gasteiger partial charge < -0.3 is 5.11 Å². The van der Waals surface area contributed by atoms with Crippen LogP contribution in [0.25, 0.3) is 0 Å². The molecule has 3 saturated carbocycles. The molecular formula is C30H52O. The molecule has 0 aromatic rings. The van der Waals surface area contributed by atoms with Gasteiger partial charge in [0.1, 0.15) is 0 Å². The second-order valence-electron chi connectivity index (χ2n) is 13.3. The number of allylic oxidation sites excluding steroid dienone is 2. The van der Waals surface area contributed by atoms with E-state index in [0.29, 0.717) is 22.7 Å². The Hall–Kier alpha value is -0.300. The van der Waals surface area contributed by atoms with Crippen LogP contribution in [0, 0.1) is 58.2 Å². The molecule has 1 nitrogen and oxygen atoms in total. The topological polar surface area (TPSA) is 20.2 Å². The number of rotatable bonds is 6. The first-order chi connectivity index (χ1) is 14.6. The molecular weight excluding hydrogens is 376 g/mol. The highest BCUT2D eigenvalue weighted by Crippen LogP contribution is 2.67. The fraction of sp³-hybridized carbons (Fsp3) is 0.933. The van der Waals surface area contributed by atoms with Gasteiger partial charge in [-0.2, -0.15) is 0 Å². The molecule has 178 valence electrons. The second kappa shape index (κ2) is 8.81. The molecule has 10 atom stereocenters. The van der Waals surface area contributed by atoms with Crippen molar-refractivity contribution in [2.75, 3.05) is 0 Å². The predicted octanol–water partition coefficient (Wildman–Crippen LogP) is 8.27. The van der Waals surface area contributed by atoms with Crippen LogP contribution in [0.3, 0.4) is 0 Å². The highest BCUT2D eigenvalue weighted by atomic mass is 16.3. The lowest BCUT2D eigenvalue weighted by molar-refractivity contribution is -0.0774. The number of hydrogen-bond acceptors (Lipinski definition) is 1. The van der Waals surface area contributed by atoms with Gasteiger partial charge in [-0.15, -0.1) is 0 Å². The van der Waals surface area contributed by atoms with Crippen molar-refractivity contribution in [3.05, 3.63) is 11.6 Å². The Morgan fingerprint density at radius 1 is 0.968 bits per heavy atom. The van der Waals surface area contributed by atoms with Crippen LogP contribution in [-0.2, 0) is 0 Å². The molecule has 4 aliphatic carbocycles. The average Bonchev–Trinajstić information content (AvgIpc) is 3.08. The van der Waals surface area contributed by atoms with Crippen LogP contribution < -0.4 is 0 Å². The Kier molecular flexibility index (Phi) is 6.78. The summed E-state index contributed by atoms with van der Waals surface area (Å²) in [6.45, 7) is 17.4. The van der Waals surface area contributed by atoms with E-state index in [-0.39, 0.29) is 6.10 Å². The molecule has 0 amide bonds. The SMILES string of the molecule is CC[C@@H](CC[C@@H](C)[C@H]1CCC2C3=CC[C@H]4[C@H](C)[C@@H](O)CC[C@]4(C)C3CC[C@@]21C)C(C)C. The van der Waals surface area contributed by atoms with Crippen molar-refractivity contribution in [1.82, 2.24) is 0 Å². The van der Waals surface area contributed by atoms with Crippen molar-refractivity contribution in [2.45, 2.75) is 119 Å². The normalized spacial score (nSPS) is 46.7. The van der Waals surface area contributed by atoms with E-state index in [1.54, 1.807) is 0 Å². The Bertz CT molecular complexity index is 663. The van der Waals surface area contributed by atoms with Crippen molar-refractivity contribution < 1.29 is 5.11 Å². The second-order valence-corrected chi connectivity index (χ2v) is 13.3.